The van der Waals surface area contributed by atoms with Gasteiger partial charge >= 0.3 is 0 Å². The molecule has 22 heavy (non-hydrogen) atoms. The quantitative estimate of drug-likeness (QED) is 0.454. The van der Waals surface area contributed by atoms with Gasteiger partial charge in [-0.15, -0.1) is 24.0 Å². The molecule has 4 nitrogen and oxygen atoms in total. The van der Waals surface area contributed by atoms with Gasteiger partial charge in [-0.25, -0.2) is 0 Å². The number of rotatable bonds is 5. The van der Waals surface area contributed by atoms with Crippen LogP contribution in [0.2, 0.25) is 0 Å². The Bertz CT molecular complexity index is 455. The van der Waals surface area contributed by atoms with Crippen molar-refractivity contribution < 1.29 is 4.74 Å². The number of hydrogen-bond acceptors (Lipinski definition) is 2. The van der Waals surface area contributed by atoms with Gasteiger partial charge in [-0.05, 0) is 31.7 Å². The fourth-order valence-corrected chi connectivity index (χ4v) is 2.64. The number of halogens is 1. The van der Waals surface area contributed by atoms with Crippen molar-refractivity contribution in [1.29, 1.82) is 0 Å². The van der Waals surface area contributed by atoms with Crippen LogP contribution in [-0.4, -0.2) is 44.2 Å². The van der Waals surface area contributed by atoms with Crippen LogP contribution in [-0.2, 0) is 11.3 Å². The van der Waals surface area contributed by atoms with Crippen molar-refractivity contribution in [3.8, 4) is 0 Å². The van der Waals surface area contributed by atoms with Gasteiger partial charge in [0, 0.05) is 33.8 Å². The van der Waals surface area contributed by atoms with E-state index in [4.69, 9.17) is 4.74 Å². The Hall–Kier alpha value is -0.820. The van der Waals surface area contributed by atoms with Crippen LogP contribution in [0.3, 0.4) is 0 Å². The first-order valence-electron chi connectivity index (χ1n) is 7.78. The normalized spacial score (nSPS) is 18.0. The Morgan fingerprint density at radius 2 is 2.09 bits per heavy atom. The lowest BCUT2D eigenvalue weighted by Gasteiger charge is -2.22. The maximum absolute atomic E-state index is 5.64. The highest BCUT2D eigenvalue weighted by Crippen LogP contribution is 2.14. The molecule has 1 heterocycles. The lowest BCUT2D eigenvalue weighted by atomic mass is 10.1. The molecule has 0 amide bonds. The van der Waals surface area contributed by atoms with Crippen molar-refractivity contribution in [2.24, 2.45) is 4.99 Å². The van der Waals surface area contributed by atoms with Crippen LogP contribution in [0.5, 0.6) is 0 Å². The van der Waals surface area contributed by atoms with Gasteiger partial charge in [0.2, 0.25) is 0 Å². The van der Waals surface area contributed by atoms with Crippen LogP contribution in [0.25, 0.3) is 0 Å². The minimum absolute atomic E-state index is 0. The van der Waals surface area contributed by atoms with E-state index in [9.17, 15) is 0 Å². The minimum Gasteiger partial charge on any atom is -0.378 e. The Morgan fingerprint density at radius 1 is 1.36 bits per heavy atom. The lowest BCUT2D eigenvalue weighted by molar-refractivity contribution is 0.105. The molecule has 0 spiro atoms. The summed E-state index contributed by atoms with van der Waals surface area (Å²) < 4.78 is 5.64. The van der Waals surface area contributed by atoms with Crippen molar-refractivity contribution >= 4 is 29.9 Å². The molecule has 1 aliphatic heterocycles. The maximum atomic E-state index is 5.64. The van der Waals surface area contributed by atoms with Gasteiger partial charge in [0.05, 0.1) is 6.10 Å². The zero-order valence-electron chi connectivity index (χ0n) is 13.8. The highest BCUT2D eigenvalue weighted by molar-refractivity contribution is 14.0. The van der Waals surface area contributed by atoms with Crippen molar-refractivity contribution in [1.82, 2.24) is 10.2 Å². The molecule has 0 radical (unpaired) electrons. The van der Waals surface area contributed by atoms with Gasteiger partial charge in [-0.2, -0.15) is 0 Å². The molecule has 1 saturated heterocycles. The predicted octanol–water partition coefficient (Wildman–Crippen LogP) is 3.19. The van der Waals surface area contributed by atoms with Crippen molar-refractivity contribution in [2.45, 2.75) is 38.8 Å². The summed E-state index contributed by atoms with van der Waals surface area (Å²) in [5.74, 6) is 0.938. The molecule has 1 unspecified atom stereocenters. The van der Waals surface area contributed by atoms with E-state index in [1.54, 1.807) is 0 Å². The van der Waals surface area contributed by atoms with Gasteiger partial charge in [0.1, 0.15) is 0 Å². The summed E-state index contributed by atoms with van der Waals surface area (Å²) in [4.78, 5) is 6.51. The fourth-order valence-electron chi connectivity index (χ4n) is 2.64. The summed E-state index contributed by atoms with van der Waals surface area (Å²) in [5, 5.41) is 3.42. The number of nitrogens with zero attached hydrogens (tertiary/aromatic N) is 2. The van der Waals surface area contributed by atoms with E-state index in [1.807, 2.05) is 7.05 Å². The molecule has 124 valence electrons. The fraction of sp³-hybridized carbons (Fsp3) is 0.588. The SMILES string of the molecule is CN=C(NCCC1CCCO1)N(C)Cc1ccc(C)cc1.I. The van der Waals surface area contributed by atoms with Crippen LogP contribution in [0, 0.1) is 6.92 Å². The van der Waals surface area contributed by atoms with Gasteiger partial charge in [-0.1, -0.05) is 29.8 Å². The summed E-state index contributed by atoms with van der Waals surface area (Å²) in [6, 6.07) is 8.64. The first-order chi connectivity index (χ1) is 10.2. The van der Waals surface area contributed by atoms with E-state index in [2.05, 4.69) is 53.4 Å². The first kappa shape index (κ1) is 19.2. The van der Waals surface area contributed by atoms with Gasteiger partial charge < -0.3 is 15.0 Å². The zero-order chi connectivity index (χ0) is 15.1. The Morgan fingerprint density at radius 3 is 2.68 bits per heavy atom. The van der Waals surface area contributed by atoms with Crippen molar-refractivity contribution in [3.63, 3.8) is 0 Å². The molecule has 0 aliphatic carbocycles. The Labute approximate surface area is 151 Å². The molecule has 0 saturated carbocycles. The van der Waals surface area contributed by atoms with Gasteiger partial charge in [-0.3, -0.25) is 4.99 Å². The topological polar surface area (TPSA) is 36.9 Å². The second kappa shape index (κ2) is 10.0. The summed E-state index contributed by atoms with van der Waals surface area (Å²) in [6.07, 6.45) is 3.88. The number of benzene rings is 1. The van der Waals surface area contributed by atoms with Crippen LogP contribution >= 0.6 is 24.0 Å². The standard InChI is InChI=1S/C17H27N3O.HI/c1-14-6-8-15(9-7-14)13-20(3)17(18-2)19-11-10-16-5-4-12-21-16;/h6-9,16H,4-5,10-13H2,1-3H3,(H,18,19);1H. The van der Waals surface area contributed by atoms with Crippen LogP contribution < -0.4 is 5.32 Å². The molecule has 1 aromatic carbocycles. The molecular weight excluding hydrogens is 389 g/mol. The molecule has 1 fully saturated rings. The number of hydrogen-bond donors (Lipinski definition) is 1. The molecule has 2 rings (SSSR count). The van der Waals surface area contributed by atoms with E-state index >= 15 is 0 Å². The Balaban J connectivity index is 0.00000242. The third-order valence-corrected chi connectivity index (χ3v) is 3.89. The second-order valence-corrected chi connectivity index (χ2v) is 5.74. The molecule has 0 bridgehead atoms. The summed E-state index contributed by atoms with van der Waals surface area (Å²) in [6.45, 7) is 4.81. The second-order valence-electron chi connectivity index (χ2n) is 5.74. The summed E-state index contributed by atoms with van der Waals surface area (Å²) in [5.41, 5.74) is 2.59. The number of aliphatic imine (C=N–C) groups is 1. The van der Waals surface area contributed by atoms with E-state index in [0.717, 1.165) is 32.1 Å². The van der Waals surface area contributed by atoms with Gasteiger partial charge in [0.25, 0.3) is 0 Å². The molecule has 5 heteroatoms. The molecule has 1 aliphatic rings. The lowest BCUT2D eigenvalue weighted by Crippen LogP contribution is -2.39. The number of ether oxygens (including phenoxy) is 1. The predicted molar refractivity (Wildman–Crippen MR) is 103 cm³/mol. The number of nitrogens with one attached hydrogen (secondary N) is 1. The average molecular weight is 417 g/mol. The minimum atomic E-state index is 0. The maximum Gasteiger partial charge on any atom is 0.193 e. The summed E-state index contributed by atoms with van der Waals surface area (Å²) >= 11 is 0. The molecule has 1 atom stereocenters. The van der Waals surface area contributed by atoms with E-state index in [-0.39, 0.29) is 24.0 Å². The Kier molecular flexibility index (Phi) is 8.78. The van der Waals surface area contributed by atoms with E-state index < -0.39 is 0 Å². The highest BCUT2D eigenvalue weighted by atomic mass is 127. The smallest absolute Gasteiger partial charge is 0.193 e. The monoisotopic (exact) mass is 417 g/mol. The number of aryl methyl sites for hydroxylation is 1. The zero-order valence-corrected chi connectivity index (χ0v) is 16.2. The van der Waals surface area contributed by atoms with Crippen LogP contribution in [0.1, 0.15) is 30.4 Å². The van der Waals surface area contributed by atoms with Crippen LogP contribution in [0.15, 0.2) is 29.3 Å². The molecule has 1 N–H and O–H groups in total. The van der Waals surface area contributed by atoms with Crippen LogP contribution in [0.4, 0.5) is 0 Å². The average Bonchev–Trinajstić information content (AvgIpc) is 2.99. The summed E-state index contributed by atoms with van der Waals surface area (Å²) in [7, 11) is 3.90. The highest BCUT2D eigenvalue weighted by Gasteiger charge is 2.15. The van der Waals surface area contributed by atoms with Crippen molar-refractivity contribution in [3.05, 3.63) is 35.4 Å². The third kappa shape index (κ3) is 6.12. The van der Waals surface area contributed by atoms with E-state index in [0.29, 0.717) is 6.10 Å². The molecule has 1 aromatic rings. The largest absolute Gasteiger partial charge is 0.378 e. The van der Waals surface area contributed by atoms with Gasteiger partial charge in [0.15, 0.2) is 5.96 Å². The third-order valence-electron chi connectivity index (χ3n) is 3.89. The van der Waals surface area contributed by atoms with E-state index in [1.165, 1.54) is 24.0 Å². The molecular formula is C17H28IN3O. The first-order valence-corrected chi connectivity index (χ1v) is 7.78. The van der Waals surface area contributed by atoms with Crippen molar-refractivity contribution in [2.75, 3.05) is 27.2 Å². The molecule has 0 aromatic heterocycles. The number of guanidine groups is 1.